The predicted molar refractivity (Wildman–Crippen MR) is 67.5 cm³/mol. The van der Waals surface area contributed by atoms with Crippen molar-refractivity contribution in [2.75, 3.05) is 14.2 Å². The summed E-state index contributed by atoms with van der Waals surface area (Å²) in [4.78, 5) is 8.23. The van der Waals surface area contributed by atoms with Crippen molar-refractivity contribution in [3.05, 3.63) is 41.7 Å². The van der Waals surface area contributed by atoms with Crippen LogP contribution < -0.4 is 10.1 Å². The van der Waals surface area contributed by atoms with Gasteiger partial charge in [-0.25, -0.2) is 9.97 Å². The number of likely N-dealkylation sites (N-methyl/N-ethyl adjacent to an activating group) is 1. The molecule has 96 valence electrons. The lowest BCUT2D eigenvalue weighted by Crippen LogP contribution is -2.18. The molecule has 0 aliphatic carbocycles. The molecular formula is C13H17N3O2. The van der Waals surface area contributed by atoms with Gasteiger partial charge in [-0.1, -0.05) is 0 Å². The van der Waals surface area contributed by atoms with Crippen LogP contribution >= 0.6 is 0 Å². The molecule has 2 aromatic rings. The molecule has 0 bridgehead atoms. The Hall–Kier alpha value is -1.88. The van der Waals surface area contributed by atoms with Crippen LogP contribution in [0.15, 0.2) is 28.9 Å². The summed E-state index contributed by atoms with van der Waals surface area (Å²) in [6, 6.07) is 5.87. The molecule has 0 aliphatic rings. The molecule has 1 unspecified atom stereocenters. The van der Waals surface area contributed by atoms with Gasteiger partial charge in [0.2, 0.25) is 5.88 Å². The molecule has 0 amide bonds. The topological polar surface area (TPSA) is 60.2 Å². The zero-order valence-electron chi connectivity index (χ0n) is 10.8. The van der Waals surface area contributed by atoms with Crippen LogP contribution in [-0.2, 0) is 6.42 Å². The summed E-state index contributed by atoms with van der Waals surface area (Å²) in [6.45, 7) is 1.93. The minimum Gasteiger partial charge on any atom is -0.481 e. The molecule has 0 aliphatic heterocycles. The van der Waals surface area contributed by atoms with Crippen LogP contribution in [-0.4, -0.2) is 24.1 Å². The highest BCUT2D eigenvalue weighted by Crippen LogP contribution is 2.20. The molecule has 0 saturated heterocycles. The summed E-state index contributed by atoms with van der Waals surface area (Å²) in [7, 11) is 3.50. The van der Waals surface area contributed by atoms with E-state index < -0.39 is 0 Å². The van der Waals surface area contributed by atoms with Crippen LogP contribution in [0.1, 0.15) is 23.3 Å². The predicted octanol–water partition coefficient (Wildman–Crippen LogP) is 1.89. The van der Waals surface area contributed by atoms with Crippen LogP contribution in [0.2, 0.25) is 0 Å². The van der Waals surface area contributed by atoms with Crippen LogP contribution in [0.25, 0.3) is 0 Å². The number of aromatic nitrogens is 2. The maximum atomic E-state index is 5.63. The smallest absolute Gasteiger partial charge is 0.216 e. The lowest BCUT2D eigenvalue weighted by molar-refractivity contribution is 0.392. The van der Waals surface area contributed by atoms with Crippen molar-refractivity contribution in [3.63, 3.8) is 0 Å². The molecule has 0 radical (unpaired) electrons. The van der Waals surface area contributed by atoms with Gasteiger partial charge in [0.25, 0.3) is 0 Å². The van der Waals surface area contributed by atoms with Gasteiger partial charge in [-0.2, -0.15) is 0 Å². The van der Waals surface area contributed by atoms with Crippen LogP contribution in [0.3, 0.4) is 0 Å². The Morgan fingerprint density at radius 2 is 2.22 bits per heavy atom. The second kappa shape index (κ2) is 5.64. The average Bonchev–Trinajstić information content (AvgIpc) is 2.82. The Kier molecular flexibility index (Phi) is 3.94. The molecular weight excluding hydrogens is 230 g/mol. The van der Waals surface area contributed by atoms with Gasteiger partial charge in [-0.3, -0.25) is 0 Å². The Bertz CT molecular complexity index is 510. The maximum Gasteiger partial charge on any atom is 0.216 e. The standard InChI is InChI=1S/C13H17N3O2/c1-9-4-5-12(18-9)11(14-2)6-10-7-13(17-3)16-8-15-10/h4-5,7-8,11,14H,6H2,1-3H3. The second-order valence-corrected chi connectivity index (χ2v) is 4.05. The molecule has 0 aromatic carbocycles. The van der Waals surface area contributed by atoms with Crippen molar-refractivity contribution in [2.45, 2.75) is 19.4 Å². The fraction of sp³-hybridized carbons (Fsp3) is 0.385. The monoisotopic (exact) mass is 247 g/mol. The molecule has 5 nitrogen and oxygen atoms in total. The molecule has 0 fully saturated rings. The van der Waals surface area contributed by atoms with Gasteiger partial charge in [-0.15, -0.1) is 0 Å². The van der Waals surface area contributed by atoms with E-state index in [2.05, 4.69) is 15.3 Å². The first kappa shape index (κ1) is 12.6. The minimum atomic E-state index is 0.0957. The lowest BCUT2D eigenvalue weighted by Gasteiger charge is -2.13. The second-order valence-electron chi connectivity index (χ2n) is 4.05. The van der Waals surface area contributed by atoms with Crippen molar-refractivity contribution in [1.82, 2.24) is 15.3 Å². The SMILES string of the molecule is CNC(Cc1cc(OC)ncn1)c1ccc(C)o1. The lowest BCUT2D eigenvalue weighted by atomic mass is 10.1. The first-order valence-electron chi connectivity index (χ1n) is 5.81. The Morgan fingerprint density at radius 3 is 2.83 bits per heavy atom. The number of ether oxygens (including phenoxy) is 1. The summed E-state index contributed by atoms with van der Waals surface area (Å²) >= 11 is 0. The molecule has 5 heteroatoms. The van der Waals surface area contributed by atoms with E-state index in [-0.39, 0.29) is 6.04 Å². The highest BCUT2D eigenvalue weighted by molar-refractivity contribution is 5.17. The Labute approximate surface area is 106 Å². The van der Waals surface area contributed by atoms with Gasteiger partial charge in [0, 0.05) is 18.2 Å². The van der Waals surface area contributed by atoms with Crippen molar-refractivity contribution >= 4 is 0 Å². The molecule has 0 saturated carbocycles. The van der Waals surface area contributed by atoms with Crippen LogP contribution in [0.5, 0.6) is 5.88 Å². The van der Waals surface area contributed by atoms with E-state index in [9.17, 15) is 0 Å². The summed E-state index contributed by atoms with van der Waals surface area (Å²) in [5.41, 5.74) is 0.912. The number of hydrogen-bond acceptors (Lipinski definition) is 5. The van der Waals surface area contributed by atoms with E-state index in [0.717, 1.165) is 23.6 Å². The number of furan rings is 1. The summed E-state index contributed by atoms with van der Waals surface area (Å²) in [6.07, 6.45) is 2.23. The van der Waals surface area contributed by atoms with E-state index in [1.807, 2.05) is 32.2 Å². The maximum absolute atomic E-state index is 5.63. The summed E-state index contributed by atoms with van der Waals surface area (Å²) in [5.74, 6) is 2.39. The van der Waals surface area contributed by atoms with Crippen LogP contribution in [0, 0.1) is 6.92 Å². The van der Waals surface area contributed by atoms with Crippen molar-refractivity contribution in [2.24, 2.45) is 0 Å². The summed E-state index contributed by atoms with van der Waals surface area (Å²) < 4.78 is 10.7. The van der Waals surface area contributed by atoms with E-state index >= 15 is 0 Å². The average molecular weight is 247 g/mol. The molecule has 18 heavy (non-hydrogen) atoms. The van der Waals surface area contributed by atoms with Crippen LogP contribution in [0.4, 0.5) is 0 Å². The fourth-order valence-electron chi connectivity index (χ4n) is 1.80. The molecule has 0 spiro atoms. The third kappa shape index (κ3) is 2.87. The fourth-order valence-corrected chi connectivity index (χ4v) is 1.80. The number of hydrogen-bond donors (Lipinski definition) is 1. The largest absolute Gasteiger partial charge is 0.481 e. The van der Waals surface area contributed by atoms with Crippen molar-refractivity contribution < 1.29 is 9.15 Å². The zero-order chi connectivity index (χ0) is 13.0. The highest BCUT2D eigenvalue weighted by Gasteiger charge is 2.15. The molecule has 1 atom stereocenters. The normalized spacial score (nSPS) is 12.4. The number of aryl methyl sites for hydroxylation is 1. The first-order chi connectivity index (χ1) is 8.72. The van der Waals surface area contributed by atoms with Gasteiger partial charge in [0.05, 0.1) is 13.2 Å². The van der Waals surface area contributed by atoms with Gasteiger partial charge in [0.1, 0.15) is 17.8 Å². The van der Waals surface area contributed by atoms with Gasteiger partial charge >= 0.3 is 0 Å². The molecule has 2 aromatic heterocycles. The number of rotatable bonds is 5. The number of methoxy groups -OCH3 is 1. The third-order valence-corrected chi connectivity index (χ3v) is 2.77. The van der Waals surface area contributed by atoms with Gasteiger partial charge < -0.3 is 14.5 Å². The number of nitrogens with one attached hydrogen (secondary N) is 1. The van der Waals surface area contributed by atoms with Crippen molar-refractivity contribution in [1.29, 1.82) is 0 Å². The van der Waals surface area contributed by atoms with E-state index in [1.165, 1.54) is 6.33 Å². The minimum absolute atomic E-state index is 0.0957. The third-order valence-electron chi connectivity index (χ3n) is 2.77. The molecule has 1 N–H and O–H groups in total. The molecule has 2 heterocycles. The first-order valence-corrected chi connectivity index (χ1v) is 5.81. The highest BCUT2D eigenvalue weighted by atomic mass is 16.5. The summed E-state index contributed by atoms with van der Waals surface area (Å²) in [5, 5.41) is 3.22. The zero-order valence-corrected chi connectivity index (χ0v) is 10.8. The van der Waals surface area contributed by atoms with Gasteiger partial charge in [0.15, 0.2) is 0 Å². The van der Waals surface area contributed by atoms with E-state index in [0.29, 0.717) is 5.88 Å². The van der Waals surface area contributed by atoms with Gasteiger partial charge in [-0.05, 0) is 26.1 Å². The van der Waals surface area contributed by atoms with E-state index in [4.69, 9.17) is 9.15 Å². The Morgan fingerprint density at radius 1 is 1.39 bits per heavy atom. The van der Waals surface area contributed by atoms with E-state index in [1.54, 1.807) is 7.11 Å². The Balaban J connectivity index is 2.14. The molecule has 2 rings (SSSR count). The number of nitrogens with zero attached hydrogens (tertiary/aromatic N) is 2. The van der Waals surface area contributed by atoms with Crippen molar-refractivity contribution in [3.8, 4) is 5.88 Å². The quantitative estimate of drug-likeness (QED) is 0.874.